The zero-order valence-corrected chi connectivity index (χ0v) is 10.4. The predicted molar refractivity (Wildman–Crippen MR) is 68.3 cm³/mol. The maximum Gasteiger partial charge on any atom is 0.277 e. The van der Waals surface area contributed by atoms with Crippen LogP contribution in [0.25, 0.3) is 10.9 Å². The number of aromatic amines is 1. The molecule has 1 amide bonds. The van der Waals surface area contributed by atoms with Crippen molar-refractivity contribution >= 4 is 16.8 Å². The summed E-state index contributed by atoms with van der Waals surface area (Å²) in [5.74, 6) is -0.249. The minimum Gasteiger partial charge on any atom is -0.382 e. The second-order valence-corrected chi connectivity index (χ2v) is 3.94. The van der Waals surface area contributed by atoms with Gasteiger partial charge in [0.25, 0.3) is 5.91 Å². The molecule has 0 unspecified atom stereocenters. The second-order valence-electron chi connectivity index (χ2n) is 3.94. The molecule has 0 bridgehead atoms. The maximum absolute atomic E-state index is 12.0. The van der Waals surface area contributed by atoms with Crippen LogP contribution < -0.4 is 5.48 Å². The van der Waals surface area contributed by atoms with Gasteiger partial charge in [0.05, 0.1) is 18.8 Å². The number of carbonyl (C=O) groups excluding carboxylic acids is 1. The van der Waals surface area contributed by atoms with Crippen LogP contribution in [0.4, 0.5) is 0 Å². The van der Waals surface area contributed by atoms with Crippen molar-refractivity contribution in [1.82, 2.24) is 10.5 Å². The molecule has 0 spiro atoms. The number of fused-ring (bicyclic) bond motifs is 1. The fraction of sp³-hybridized carbons (Fsp3) is 0.308. The number of para-hydroxylation sites is 1. The second kappa shape index (κ2) is 5.66. The number of H-pyrrole nitrogens is 1. The van der Waals surface area contributed by atoms with E-state index in [0.717, 1.165) is 16.6 Å². The lowest BCUT2D eigenvalue weighted by atomic mass is 10.1. The topological polar surface area (TPSA) is 63.4 Å². The molecule has 2 aromatic rings. The van der Waals surface area contributed by atoms with Crippen LogP contribution in [0, 0.1) is 6.92 Å². The molecule has 1 heterocycles. The van der Waals surface area contributed by atoms with Crippen molar-refractivity contribution in [2.75, 3.05) is 20.3 Å². The average Bonchev–Trinajstić information content (AvgIpc) is 2.70. The Labute approximate surface area is 105 Å². The van der Waals surface area contributed by atoms with Crippen molar-refractivity contribution in [3.05, 3.63) is 35.5 Å². The standard InChI is InChI=1S/C13H16N2O3/c1-9-12(13(16)15-18-8-7-17-2)10-5-3-4-6-11(10)14-9/h3-6,14H,7-8H2,1-2H3,(H,15,16). The Morgan fingerprint density at radius 2 is 2.11 bits per heavy atom. The van der Waals surface area contributed by atoms with Crippen molar-refractivity contribution in [3.8, 4) is 0 Å². The molecule has 1 aromatic carbocycles. The predicted octanol–water partition coefficient (Wildman–Crippen LogP) is 1.78. The smallest absolute Gasteiger partial charge is 0.277 e. The highest BCUT2D eigenvalue weighted by molar-refractivity contribution is 6.07. The molecule has 96 valence electrons. The van der Waals surface area contributed by atoms with Gasteiger partial charge < -0.3 is 9.72 Å². The molecule has 5 heteroatoms. The molecule has 1 aromatic heterocycles. The highest BCUT2D eigenvalue weighted by atomic mass is 16.7. The minimum atomic E-state index is -0.249. The monoisotopic (exact) mass is 248 g/mol. The quantitative estimate of drug-likeness (QED) is 0.626. The van der Waals surface area contributed by atoms with Crippen molar-refractivity contribution in [2.24, 2.45) is 0 Å². The van der Waals surface area contributed by atoms with Gasteiger partial charge in [-0.25, -0.2) is 5.48 Å². The lowest BCUT2D eigenvalue weighted by molar-refractivity contribution is 0.00895. The van der Waals surface area contributed by atoms with Crippen LogP contribution in [-0.4, -0.2) is 31.2 Å². The fourth-order valence-electron chi connectivity index (χ4n) is 1.86. The first-order chi connectivity index (χ1) is 8.74. The molecule has 2 N–H and O–H groups in total. The van der Waals surface area contributed by atoms with Crippen LogP contribution in [0.15, 0.2) is 24.3 Å². The van der Waals surface area contributed by atoms with Crippen LogP contribution in [0.3, 0.4) is 0 Å². The first-order valence-electron chi connectivity index (χ1n) is 5.72. The number of benzene rings is 1. The molecule has 0 saturated heterocycles. The van der Waals surface area contributed by atoms with Gasteiger partial charge in [-0.05, 0) is 13.0 Å². The van der Waals surface area contributed by atoms with E-state index in [1.165, 1.54) is 0 Å². The van der Waals surface area contributed by atoms with Crippen LogP contribution in [0.2, 0.25) is 0 Å². The van der Waals surface area contributed by atoms with Gasteiger partial charge in [-0.15, -0.1) is 0 Å². The summed E-state index contributed by atoms with van der Waals surface area (Å²) < 4.78 is 4.83. The summed E-state index contributed by atoms with van der Waals surface area (Å²) >= 11 is 0. The molecule has 0 fully saturated rings. The van der Waals surface area contributed by atoms with Crippen molar-refractivity contribution in [3.63, 3.8) is 0 Å². The third kappa shape index (κ3) is 2.52. The highest BCUT2D eigenvalue weighted by Gasteiger charge is 2.15. The molecule has 0 aliphatic carbocycles. The van der Waals surface area contributed by atoms with E-state index in [1.54, 1.807) is 7.11 Å². The van der Waals surface area contributed by atoms with E-state index in [2.05, 4.69) is 10.5 Å². The summed E-state index contributed by atoms with van der Waals surface area (Å²) in [6, 6.07) is 7.67. The number of carbonyl (C=O) groups is 1. The first kappa shape index (κ1) is 12.6. The Balaban J connectivity index is 2.14. The van der Waals surface area contributed by atoms with Gasteiger partial charge in [-0.1, -0.05) is 18.2 Å². The third-order valence-electron chi connectivity index (χ3n) is 2.68. The van der Waals surface area contributed by atoms with E-state index in [1.807, 2.05) is 31.2 Å². The van der Waals surface area contributed by atoms with Gasteiger partial charge in [0.15, 0.2) is 0 Å². The maximum atomic E-state index is 12.0. The molecule has 0 radical (unpaired) electrons. The molecular formula is C13H16N2O3. The number of amides is 1. The Hall–Kier alpha value is -1.85. The Morgan fingerprint density at radius 3 is 2.89 bits per heavy atom. The van der Waals surface area contributed by atoms with Crippen LogP contribution in [0.1, 0.15) is 16.1 Å². The normalized spacial score (nSPS) is 10.8. The first-order valence-corrected chi connectivity index (χ1v) is 5.72. The number of ether oxygens (including phenoxy) is 1. The summed E-state index contributed by atoms with van der Waals surface area (Å²) in [6.07, 6.45) is 0. The highest BCUT2D eigenvalue weighted by Crippen LogP contribution is 2.21. The molecule has 0 aliphatic heterocycles. The molecule has 5 nitrogen and oxygen atoms in total. The van der Waals surface area contributed by atoms with Gasteiger partial charge in [0.2, 0.25) is 0 Å². The molecule has 18 heavy (non-hydrogen) atoms. The zero-order valence-electron chi connectivity index (χ0n) is 10.4. The number of aryl methyl sites for hydroxylation is 1. The van der Waals surface area contributed by atoms with Crippen molar-refractivity contribution < 1.29 is 14.4 Å². The molecule has 0 atom stereocenters. The van der Waals surface area contributed by atoms with E-state index < -0.39 is 0 Å². The number of hydrogen-bond acceptors (Lipinski definition) is 3. The summed E-state index contributed by atoms with van der Waals surface area (Å²) in [7, 11) is 1.58. The van der Waals surface area contributed by atoms with E-state index in [-0.39, 0.29) is 5.91 Å². The van der Waals surface area contributed by atoms with Gasteiger partial charge >= 0.3 is 0 Å². The van der Waals surface area contributed by atoms with Crippen LogP contribution in [-0.2, 0) is 9.57 Å². The van der Waals surface area contributed by atoms with Gasteiger partial charge in [0.1, 0.15) is 0 Å². The van der Waals surface area contributed by atoms with E-state index >= 15 is 0 Å². The van der Waals surface area contributed by atoms with E-state index in [9.17, 15) is 4.79 Å². The third-order valence-corrected chi connectivity index (χ3v) is 2.68. The average molecular weight is 248 g/mol. The summed E-state index contributed by atoms with van der Waals surface area (Å²) in [5.41, 5.74) is 4.79. The Bertz CT molecular complexity index is 548. The number of aromatic nitrogens is 1. The van der Waals surface area contributed by atoms with Crippen molar-refractivity contribution in [1.29, 1.82) is 0 Å². The van der Waals surface area contributed by atoms with E-state index in [4.69, 9.17) is 9.57 Å². The lowest BCUT2D eigenvalue weighted by Gasteiger charge is -2.05. The largest absolute Gasteiger partial charge is 0.382 e. The summed E-state index contributed by atoms with van der Waals surface area (Å²) in [6.45, 7) is 2.63. The number of methoxy groups -OCH3 is 1. The molecule has 0 aliphatic rings. The summed E-state index contributed by atoms with van der Waals surface area (Å²) in [5, 5.41) is 0.892. The SMILES string of the molecule is COCCONC(=O)c1c(C)[nH]c2ccccc12. The number of hydrogen-bond donors (Lipinski definition) is 2. The molecule has 0 saturated carbocycles. The van der Waals surface area contributed by atoms with Gasteiger partial charge in [0, 0.05) is 23.7 Å². The van der Waals surface area contributed by atoms with E-state index in [0.29, 0.717) is 18.8 Å². The molecule has 2 rings (SSSR count). The Morgan fingerprint density at radius 1 is 1.33 bits per heavy atom. The Kier molecular flexibility index (Phi) is 3.96. The number of nitrogens with one attached hydrogen (secondary N) is 2. The lowest BCUT2D eigenvalue weighted by Crippen LogP contribution is -2.25. The fourth-order valence-corrected chi connectivity index (χ4v) is 1.86. The molecular weight excluding hydrogens is 232 g/mol. The summed E-state index contributed by atoms with van der Waals surface area (Å²) in [4.78, 5) is 20.2. The van der Waals surface area contributed by atoms with Gasteiger partial charge in [-0.3, -0.25) is 9.63 Å². The van der Waals surface area contributed by atoms with Crippen molar-refractivity contribution in [2.45, 2.75) is 6.92 Å². The van der Waals surface area contributed by atoms with Crippen LogP contribution in [0.5, 0.6) is 0 Å². The zero-order chi connectivity index (χ0) is 13.0. The minimum absolute atomic E-state index is 0.249. The number of rotatable bonds is 5. The number of hydroxylamine groups is 1. The van der Waals surface area contributed by atoms with Gasteiger partial charge in [-0.2, -0.15) is 0 Å². The van der Waals surface area contributed by atoms with Crippen LogP contribution >= 0.6 is 0 Å².